The molecule has 0 aliphatic rings. The van der Waals surface area contributed by atoms with Crippen molar-refractivity contribution in [3.8, 4) is 0 Å². The maximum Gasteiger partial charge on any atom is 0.231 e. The molecule has 2 aromatic carbocycles. The predicted molar refractivity (Wildman–Crippen MR) is 92.8 cm³/mol. The third-order valence-corrected chi connectivity index (χ3v) is 3.66. The molecule has 0 aliphatic carbocycles. The highest BCUT2D eigenvalue weighted by Crippen LogP contribution is 2.21. The lowest BCUT2D eigenvalue weighted by Gasteiger charge is -2.06. The van der Waals surface area contributed by atoms with Crippen LogP contribution >= 0.6 is 0 Å². The molecular formula is C17H15N7. The van der Waals surface area contributed by atoms with Gasteiger partial charge in [0.15, 0.2) is 0 Å². The molecule has 0 unspecified atom stereocenters. The van der Waals surface area contributed by atoms with Gasteiger partial charge in [-0.3, -0.25) is 4.68 Å². The van der Waals surface area contributed by atoms with Crippen molar-refractivity contribution in [2.75, 3.05) is 11.1 Å². The number of aromatic nitrogens is 5. The first kappa shape index (κ1) is 14.1. The van der Waals surface area contributed by atoms with E-state index in [4.69, 9.17) is 5.73 Å². The molecule has 7 nitrogen and oxygen atoms in total. The molecule has 0 atom stereocenters. The van der Waals surface area contributed by atoms with E-state index in [0.717, 1.165) is 23.1 Å². The first-order valence-electron chi connectivity index (χ1n) is 7.49. The molecule has 2 heterocycles. The van der Waals surface area contributed by atoms with Gasteiger partial charge in [0.1, 0.15) is 6.33 Å². The summed E-state index contributed by atoms with van der Waals surface area (Å²) in [7, 11) is 0. The van der Waals surface area contributed by atoms with Crippen LogP contribution in [-0.4, -0.2) is 24.7 Å². The van der Waals surface area contributed by atoms with E-state index in [2.05, 4.69) is 37.5 Å². The summed E-state index contributed by atoms with van der Waals surface area (Å²) in [5.41, 5.74) is 8.71. The summed E-state index contributed by atoms with van der Waals surface area (Å²) in [5.74, 6) is 0.600. The van der Waals surface area contributed by atoms with Crippen molar-refractivity contribution < 1.29 is 0 Å². The van der Waals surface area contributed by atoms with E-state index in [1.54, 1.807) is 0 Å². The van der Waals surface area contributed by atoms with Gasteiger partial charge in [0.05, 0.1) is 18.3 Å². The van der Waals surface area contributed by atoms with Gasteiger partial charge in [-0.2, -0.15) is 10.1 Å². The summed E-state index contributed by atoms with van der Waals surface area (Å²) in [6.07, 6.45) is 3.23. The molecule has 0 amide bonds. The fraction of sp³-hybridized carbons (Fsp3) is 0.0588. The van der Waals surface area contributed by atoms with Crippen LogP contribution in [0.5, 0.6) is 0 Å². The smallest absolute Gasteiger partial charge is 0.231 e. The summed E-state index contributed by atoms with van der Waals surface area (Å²) in [5, 5.41) is 8.64. The molecule has 0 spiro atoms. The van der Waals surface area contributed by atoms with Crippen molar-refractivity contribution in [2.45, 2.75) is 6.54 Å². The number of nitrogens with one attached hydrogen (secondary N) is 1. The maximum absolute atomic E-state index is 5.56. The normalized spacial score (nSPS) is 10.8. The Bertz CT molecular complexity index is 979. The molecule has 2 aromatic heterocycles. The minimum atomic E-state index is 0.184. The first-order chi connectivity index (χ1) is 11.8. The van der Waals surface area contributed by atoms with E-state index < -0.39 is 0 Å². The Morgan fingerprint density at radius 2 is 1.92 bits per heavy atom. The Labute approximate surface area is 138 Å². The van der Waals surface area contributed by atoms with Gasteiger partial charge in [-0.05, 0) is 23.8 Å². The number of nitrogens with zero attached hydrogens (tertiary/aromatic N) is 5. The number of hydrogen-bond acceptors (Lipinski definition) is 6. The topological polar surface area (TPSA) is 94.5 Å². The lowest BCUT2D eigenvalue weighted by Crippen LogP contribution is -2.02. The van der Waals surface area contributed by atoms with E-state index in [1.165, 1.54) is 11.9 Å². The van der Waals surface area contributed by atoms with E-state index in [0.29, 0.717) is 5.95 Å². The predicted octanol–water partition coefficient (Wildman–Crippen LogP) is 2.60. The molecule has 7 heteroatoms. The number of benzene rings is 2. The fourth-order valence-corrected chi connectivity index (χ4v) is 2.55. The van der Waals surface area contributed by atoms with Crippen LogP contribution in [0.2, 0.25) is 0 Å². The molecule has 0 aliphatic heterocycles. The van der Waals surface area contributed by atoms with Gasteiger partial charge < -0.3 is 11.1 Å². The van der Waals surface area contributed by atoms with Crippen molar-refractivity contribution in [3.63, 3.8) is 0 Å². The van der Waals surface area contributed by atoms with Crippen LogP contribution in [0.3, 0.4) is 0 Å². The van der Waals surface area contributed by atoms with Gasteiger partial charge >= 0.3 is 0 Å². The largest absolute Gasteiger partial charge is 0.368 e. The molecule has 3 N–H and O–H groups in total. The SMILES string of the molecule is Nc1ncnc(Nc2ccc3c(cnn3Cc3ccccc3)c2)n1. The van der Waals surface area contributed by atoms with Gasteiger partial charge in [-0.15, -0.1) is 0 Å². The summed E-state index contributed by atoms with van der Waals surface area (Å²) in [4.78, 5) is 11.9. The minimum Gasteiger partial charge on any atom is -0.368 e. The molecule has 0 radical (unpaired) electrons. The second-order valence-corrected chi connectivity index (χ2v) is 5.35. The molecule has 4 rings (SSSR count). The van der Waals surface area contributed by atoms with Gasteiger partial charge in [-0.1, -0.05) is 30.3 Å². The quantitative estimate of drug-likeness (QED) is 0.601. The fourth-order valence-electron chi connectivity index (χ4n) is 2.55. The lowest BCUT2D eigenvalue weighted by molar-refractivity contribution is 0.712. The Kier molecular flexibility index (Phi) is 3.51. The van der Waals surface area contributed by atoms with Crippen LogP contribution in [-0.2, 0) is 6.54 Å². The average Bonchev–Trinajstić information content (AvgIpc) is 2.98. The molecule has 0 saturated carbocycles. The van der Waals surface area contributed by atoms with Crippen LogP contribution < -0.4 is 11.1 Å². The molecule has 4 aromatic rings. The van der Waals surface area contributed by atoms with Crippen LogP contribution in [0, 0.1) is 0 Å². The van der Waals surface area contributed by atoms with Crippen LogP contribution in [0.4, 0.5) is 17.6 Å². The zero-order chi connectivity index (χ0) is 16.4. The summed E-state index contributed by atoms with van der Waals surface area (Å²) in [6.45, 7) is 0.737. The minimum absolute atomic E-state index is 0.184. The standard InChI is InChI=1S/C17H15N7/c18-16-19-11-20-17(23-16)22-14-6-7-15-13(8-14)9-21-24(15)10-12-4-2-1-3-5-12/h1-9,11H,10H2,(H3,18,19,20,22,23). The monoisotopic (exact) mass is 317 g/mol. The number of nitrogens with two attached hydrogens (primary N) is 1. The van der Waals surface area contributed by atoms with Crippen molar-refractivity contribution >= 4 is 28.5 Å². The Morgan fingerprint density at radius 3 is 2.75 bits per heavy atom. The zero-order valence-corrected chi connectivity index (χ0v) is 12.8. The summed E-state index contributed by atoms with van der Waals surface area (Å²) in [6, 6.07) is 16.3. The third kappa shape index (κ3) is 2.87. The van der Waals surface area contributed by atoms with E-state index in [9.17, 15) is 0 Å². The summed E-state index contributed by atoms with van der Waals surface area (Å²) < 4.78 is 1.98. The Hall–Kier alpha value is -3.48. The second kappa shape index (κ2) is 5.96. The molecule has 0 fully saturated rings. The first-order valence-corrected chi connectivity index (χ1v) is 7.49. The molecule has 118 valence electrons. The molecule has 0 saturated heterocycles. The average molecular weight is 317 g/mol. The number of anilines is 3. The van der Waals surface area contributed by atoms with Crippen LogP contribution in [0.1, 0.15) is 5.56 Å². The second-order valence-electron chi connectivity index (χ2n) is 5.35. The van der Waals surface area contributed by atoms with Crippen molar-refractivity contribution in [3.05, 3.63) is 66.6 Å². The Balaban J connectivity index is 1.60. The highest BCUT2D eigenvalue weighted by Gasteiger charge is 2.06. The van der Waals surface area contributed by atoms with Crippen LogP contribution in [0.15, 0.2) is 61.1 Å². The maximum atomic E-state index is 5.56. The van der Waals surface area contributed by atoms with E-state index in [1.807, 2.05) is 47.3 Å². The van der Waals surface area contributed by atoms with Crippen LogP contribution in [0.25, 0.3) is 10.9 Å². The number of rotatable bonds is 4. The molecular weight excluding hydrogens is 302 g/mol. The lowest BCUT2D eigenvalue weighted by atomic mass is 10.2. The number of nitrogen functional groups attached to an aromatic ring is 1. The van der Waals surface area contributed by atoms with Crippen molar-refractivity contribution in [1.29, 1.82) is 0 Å². The van der Waals surface area contributed by atoms with E-state index >= 15 is 0 Å². The summed E-state index contributed by atoms with van der Waals surface area (Å²) >= 11 is 0. The number of fused-ring (bicyclic) bond motifs is 1. The highest BCUT2D eigenvalue weighted by molar-refractivity contribution is 5.83. The molecule has 24 heavy (non-hydrogen) atoms. The van der Waals surface area contributed by atoms with Gasteiger partial charge in [-0.25, -0.2) is 9.97 Å². The van der Waals surface area contributed by atoms with Gasteiger partial charge in [0, 0.05) is 11.1 Å². The third-order valence-electron chi connectivity index (χ3n) is 3.66. The highest BCUT2D eigenvalue weighted by atomic mass is 15.3. The van der Waals surface area contributed by atoms with E-state index in [-0.39, 0.29) is 5.95 Å². The number of hydrogen-bond donors (Lipinski definition) is 2. The zero-order valence-electron chi connectivity index (χ0n) is 12.8. The van der Waals surface area contributed by atoms with Crippen molar-refractivity contribution in [1.82, 2.24) is 24.7 Å². The Morgan fingerprint density at radius 1 is 1.04 bits per heavy atom. The molecule has 0 bridgehead atoms. The van der Waals surface area contributed by atoms with Gasteiger partial charge in [0.25, 0.3) is 0 Å². The van der Waals surface area contributed by atoms with Gasteiger partial charge in [0.2, 0.25) is 11.9 Å². The van der Waals surface area contributed by atoms with Crippen molar-refractivity contribution in [2.24, 2.45) is 0 Å².